The molecule has 0 aliphatic carbocycles. The number of nitrogens with zero attached hydrogens (tertiary/aromatic N) is 1. The molecule has 0 aromatic heterocycles. The third-order valence-electron chi connectivity index (χ3n) is 3.41. The van der Waals surface area contributed by atoms with Crippen molar-refractivity contribution in [3.63, 3.8) is 0 Å². The summed E-state index contributed by atoms with van der Waals surface area (Å²) in [5, 5.41) is 2.94. The molecule has 1 N–H and O–H groups in total. The molecular weight excluding hydrogens is 288 g/mol. The maximum atomic E-state index is 12.0. The lowest BCUT2D eigenvalue weighted by Crippen LogP contribution is -2.25. The fourth-order valence-electron chi connectivity index (χ4n) is 2.16. The van der Waals surface area contributed by atoms with Crippen LogP contribution in [0.25, 0.3) is 0 Å². The zero-order chi connectivity index (χ0) is 16.5. The zero-order valence-electron chi connectivity index (χ0n) is 13.8. The Bertz CT molecular complexity index is 595. The van der Waals surface area contributed by atoms with Gasteiger partial charge in [-0.1, -0.05) is 18.2 Å². The molecule has 1 amide bonds. The van der Waals surface area contributed by atoms with E-state index in [4.69, 9.17) is 4.74 Å². The minimum Gasteiger partial charge on any atom is -0.457 e. The predicted molar refractivity (Wildman–Crippen MR) is 93.1 cm³/mol. The van der Waals surface area contributed by atoms with Crippen molar-refractivity contribution in [1.82, 2.24) is 10.2 Å². The van der Waals surface area contributed by atoms with E-state index in [2.05, 4.69) is 24.3 Å². The summed E-state index contributed by atoms with van der Waals surface area (Å²) in [6.45, 7) is 1.75. The van der Waals surface area contributed by atoms with Crippen LogP contribution in [-0.4, -0.2) is 38.0 Å². The molecule has 0 unspecified atom stereocenters. The molecule has 23 heavy (non-hydrogen) atoms. The van der Waals surface area contributed by atoms with Crippen molar-refractivity contribution in [2.75, 3.05) is 27.2 Å². The molecule has 0 spiro atoms. The van der Waals surface area contributed by atoms with Crippen LogP contribution in [0, 0.1) is 0 Å². The first-order valence-electron chi connectivity index (χ1n) is 7.91. The van der Waals surface area contributed by atoms with Crippen molar-refractivity contribution in [3.8, 4) is 11.5 Å². The van der Waals surface area contributed by atoms with Gasteiger partial charge in [-0.25, -0.2) is 0 Å². The van der Waals surface area contributed by atoms with Crippen LogP contribution >= 0.6 is 0 Å². The first-order valence-corrected chi connectivity index (χ1v) is 7.91. The lowest BCUT2D eigenvalue weighted by atomic mass is 10.2. The number of hydrogen-bond donors (Lipinski definition) is 1. The van der Waals surface area contributed by atoms with E-state index in [1.165, 1.54) is 0 Å². The van der Waals surface area contributed by atoms with Gasteiger partial charge in [0, 0.05) is 12.1 Å². The highest BCUT2D eigenvalue weighted by atomic mass is 16.5. The zero-order valence-corrected chi connectivity index (χ0v) is 13.8. The van der Waals surface area contributed by atoms with E-state index in [0.29, 0.717) is 12.1 Å². The summed E-state index contributed by atoms with van der Waals surface area (Å²) in [5.74, 6) is 1.46. The number of carbonyl (C=O) groups is 1. The number of para-hydroxylation sites is 1. The second-order valence-electron chi connectivity index (χ2n) is 5.71. The molecule has 2 rings (SSSR count). The van der Waals surface area contributed by atoms with Gasteiger partial charge in [0.2, 0.25) is 0 Å². The number of nitrogens with one attached hydrogen (secondary N) is 1. The molecule has 4 nitrogen and oxygen atoms in total. The molecule has 0 bridgehead atoms. The highest BCUT2D eigenvalue weighted by Crippen LogP contribution is 2.21. The first kappa shape index (κ1) is 17.0. The molecule has 122 valence electrons. The van der Waals surface area contributed by atoms with Crippen LogP contribution in [0.4, 0.5) is 0 Å². The van der Waals surface area contributed by atoms with Crippen LogP contribution in [0.3, 0.4) is 0 Å². The van der Waals surface area contributed by atoms with Gasteiger partial charge >= 0.3 is 0 Å². The molecule has 0 saturated carbocycles. The maximum absolute atomic E-state index is 12.0. The van der Waals surface area contributed by atoms with Crippen LogP contribution in [0.1, 0.15) is 23.2 Å². The van der Waals surface area contributed by atoms with E-state index < -0.39 is 0 Å². The van der Waals surface area contributed by atoms with Crippen LogP contribution in [0.5, 0.6) is 11.5 Å². The molecular formula is C19H24N2O2. The average Bonchev–Trinajstić information content (AvgIpc) is 2.56. The Morgan fingerprint density at radius 2 is 1.61 bits per heavy atom. The Hall–Kier alpha value is -2.33. The summed E-state index contributed by atoms with van der Waals surface area (Å²) < 4.78 is 5.71. The second-order valence-corrected chi connectivity index (χ2v) is 5.71. The fraction of sp³-hybridized carbons (Fsp3) is 0.316. The van der Waals surface area contributed by atoms with E-state index in [-0.39, 0.29) is 5.91 Å². The van der Waals surface area contributed by atoms with E-state index in [0.717, 1.165) is 30.9 Å². The minimum absolute atomic E-state index is 0.0406. The van der Waals surface area contributed by atoms with Crippen molar-refractivity contribution < 1.29 is 9.53 Å². The van der Waals surface area contributed by atoms with Gasteiger partial charge in [-0.15, -0.1) is 0 Å². The monoisotopic (exact) mass is 312 g/mol. The fourth-order valence-corrected chi connectivity index (χ4v) is 2.16. The lowest BCUT2D eigenvalue weighted by molar-refractivity contribution is 0.0953. The van der Waals surface area contributed by atoms with Gasteiger partial charge in [-0.05, 0) is 69.9 Å². The molecule has 0 aliphatic rings. The van der Waals surface area contributed by atoms with E-state index in [1.54, 1.807) is 12.1 Å². The number of hydrogen-bond acceptors (Lipinski definition) is 3. The Labute approximate surface area is 138 Å². The summed E-state index contributed by atoms with van der Waals surface area (Å²) in [5.41, 5.74) is 0.651. The van der Waals surface area contributed by atoms with Gasteiger partial charge in [0.15, 0.2) is 0 Å². The van der Waals surface area contributed by atoms with Gasteiger partial charge in [0.25, 0.3) is 5.91 Å². The third-order valence-corrected chi connectivity index (χ3v) is 3.41. The highest BCUT2D eigenvalue weighted by molar-refractivity contribution is 5.94. The SMILES string of the molecule is CN(C)CCCCNC(=O)c1ccc(Oc2ccccc2)cc1. The van der Waals surface area contributed by atoms with Crippen molar-refractivity contribution in [2.45, 2.75) is 12.8 Å². The van der Waals surface area contributed by atoms with Gasteiger partial charge in [0.05, 0.1) is 0 Å². The van der Waals surface area contributed by atoms with Crippen molar-refractivity contribution >= 4 is 5.91 Å². The topological polar surface area (TPSA) is 41.6 Å². The molecule has 0 fully saturated rings. The smallest absolute Gasteiger partial charge is 0.251 e. The summed E-state index contributed by atoms with van der Waals surface area (Å²) in [6, 6.07) is 16.8. The Morgan fingerprint density at radius 1 is 0.957 bits per heavy atom. The lowest BCUT2D eigenvalue weighted by Gasteiger charge is -2.10. The summed E-state index contributed by atoms with van der Waals surface area (Å²) >= 11 is 0. The van der Waals surface area contributed by atoms with Crippen molar-refractivity contribution in [1.29, 1.82) is 0 Å². The van der Waals surface area contributed by atoms with Gasteiger partial charge in [-0.2, -0.15) is 0 Å². The maximum Gasteiger partial charge on any atom is 0.251 e. The second kappa shape index (κ2) is 8.96. The standard InChI is InChI=1S/C19H24N2O2/c1-21(2)15-7-6-14-20-19(22)16-10-12-18(13-11-16)23-17-8-4-3-5-9-17/h3-5,8-13H,6-7,14-15H2,1-2H3,(H,20,22). The Kier molecular flexibility index (Phi) is 6.63. The van der Waals surface area contributed by atoms with E-state index in [1.807, 2.05) is 42.5 Å². The molecule has 0 saturated heterocycles. The van der Waals surface area contributed by atoms with E-state index in [9.17, 15) is 4.79 Å². The van der Waals surface area contributed by atoms with Crippen LogP contribution in [0.15, 0.2) is 54.6 Å². The Morgan fingerprint density at radius 3 is 2.26 bits per heavy atom. The normalized spacial score (nSPS) is 10.6. The summed E-state index contributed by atoms with van der Waals surface area (Å²) in [6.07, 6.45) is 2.07. The van der Waals surface area contributed by atoms with Gasteiger partial charge < -0.3 is 15.0 Å². The molecule has 0 atom stereocenters. The molecule has 0 aliphatic heterocycles. The van der Waals surface area contributed by atoms with Crippen LogP contribution in [0.2, 0.25) is 0 Å². The van der Waals surface area contributed by atoms with E-state index >= 15 is 0 Å². The summed E-state index contributed by atoms with van der Waals surface area (Å²) in [7, 11) is 4.11. The molecule has 4 heteroatoms. The van der Waals surface area contributed by atoms with Gasteiger partial charge in [-0.3, -0.25) is 4.79 Å². The number of amides is 1. The largest absolute Gasteiger partial charge is 0.457 e. The summed E-state index contributed by atoms with van der Waals surface area (Å²) in [4.78, 5) is 14.2. The molecule has 2 aromatic carbocycles. The number of benzene rings is 2. The third kappa shape index (κ3) is 6.12. The quantitative estimate of drug-likeness (QED) is 0.758. The van der Waals surface area contributed by atoms with Crippen molar-refractivity contribution in [3.05, 3.63) is 60.2 Å². The van der Waals surface area contributed by atoms with Crippen LogP contribution in [-0.2, 0) is 0 Å². The number of ether oxygens (including phenoxy) is 1. The van der Waals surface area contributed by atoms with Crippen molar-refractivity contribution in [2.24, 2.45) is 0 Å². The van der Waals surface area contributed by atoms with Crippen LogP contribution < -0.4 is 10.1 Å². The highest BCUT2D eigenvalue weighted by Gasteiger charge is 2.05. The Balaban J connectivity index is 1.78. The number of rotatable bonds is 8. The molecule has 2 aromatic rings. The number of unbranched alkanes of at least 4 members (excludes halogenated alkanes) is 1. The first-order chi connectivity index (χ1) is 11.1. The molecule has 0 heterocycles. The molecule has 0 radical (unpaired) electrons. The predicted octanol–water partition coefficient (Wildman–Crippen LogP) is 3.55. The average molecular weight is 312 g/mol. The van der Waals surface area contributed by atoms with Gasteiger partial charge in [0.1, 0.15) is 11.5 Å². The number of carbonyl (C=O) groups excluding carboxylic acids is 1. The minimum atomic E-state index is -0.0406.